The highest BCUT2D eigenvalue weighted by Crippen LogP contribution is 2.14. The molecule has 2 unspecified atom stereocenters. The molecule has 0 rings (SSSR count). The standard InChI is InChI=1S/C47H83NO7/c1-6-8-10-12-14-16-18-20-22-23-24-26-27-29-31-33-35-37-45(49)54-42-43(41-53-40-39-44(47(51)52)48(3,4)5)55-46(50)38-36-34-32-30-28-25-21-19-17-15-13-11-9-7-2/h14,16,20,22,24,26,29,31,43-44H,6-13,15,17-19,21,23,25,27-28,30,32-42H2,1-5H3/b16-14+,22-20+,26-24+,31-29+. The van der Waals surface area contributed by atoms with Crippen LogP contribution in [-0.4, -0.2) is 75.5 Å². The van der Waals surface area contributed by atoms with Gasteiger partial charge in [0.15, 0.2) is 6.10 Å². The summed E-state index contributed by atoms with van der Waals surface area (Å²) >= 11 is 0. The SMILES string of the molecule is CCCCC/C=C/C/C=C/C/C=C/C/C=C/CCCC(=O)OCC(COCCC(C(=O)[O-])[N+](C)(C)C)OC(=O)CCCCCCCCCCCCCCCC. The summed E-state index contributed by atoms with van der Waals surface area (Å²) in [6.07, 6.45) is 44.2. The topological polar surface area (TPSA) is 102 Å². The molecule has 8 heteroatoms. The van der Waals surface area contributed by atoms with E-state index in [-0.39, 0.29) is 49.1 Å². The lowest BCUT2D eigenvalue weighted by Crippen LogP contribution is -2.55. The molecular weight excluding hydrogens is 691 g/mol. The van der Waals surface area contributed by atoms with Gasteiger partial charge >= 0.3 is 11.9 Å². The van der Waals surface area contributed by atoms with Gasteiger partial charge in [0, 0.05) is 19.3 Å². The second kappa shape index (κ2) is 38.2. The van der Waals surface area contributed by atoms with Crippen molar-refractivity contribution in [2.24, 2.45) is 0 Å². The number of aliphatic carboxylic acids is 1. The number of carboxylic acids is 1. The highest BCUT2D eigenvalue weighted by Gasteiger charge is 2.25. The number of rotatable bonds is 39. The van der Waals surface area contributed by atoms with Crippen molar-refractivity contribution in [1.29, 1.82) is 0 Å². The second-order valence-electron chi connectivity index (χ2n) is 15.9. The van der Waals surface area contributed by atoms with Crippen LogP contribution in [-0.2, 0) is 28.6 Å². The first-order valence-corrected chi connectivity index (χ1v) is 22.2. The molecule has 0 aromatic rings. The molecule has 8 nitrogen and oxygen atoms in total. The third-order valence-corrected chi connectivity index (χ3v) is 9.72. The van der Waals surface area contributed by atoms with Crippen LogP contribution in [0.2, 0.25) is 0 Å². The molecule has 0 saturated heterocycles. The molecule has 0 heterocycles. The van der Waals surface area contributed by atoms with Gasteiger partial charge in [0.1, 0.15) is 12.6 Å². The number of hydrogen-bond donors (Lipinski definition) is 0. The van der Waals surface area contributed by atoms with E-state index >= 15 is 0 Å². The van der Waals surface area contributed by atoms with Crippen LogP contribution >= 0.6 is 0 Å². The van der Waals surface area contributed by atoms with Crippen molar-refractivity contribution in [1.82, 2.24) is 0 Å². The van der Waals surface area contributed by atoms with Crippen LogP contribution < -0.4 is 5.11 Å². The molecule has 0 aliphatic heterocycles. The van der Waals surface area contributed by atoms with Crippen molar-refractivity contribution in [3.63, 3.8) is 0 Å². The van der Waals surface area contributed by atoms with Gasteiger partial charge in [0.25, 0.3) is 0 Å². The van der Waals surface area contributed by atoms with Crippen LogP contribution in [0.4, 0.5) is 0 Å². The number of nitrogens with zero attached hydrogens (tertiary/aromatic N) is 1. The van der Waals surface area contributed by atoms with E-state index in [0.717, 1.165) is 44.9 Å². The predicted octanol–water partition coefficient (Wildman–Crippen LogP) is 10.7. The molecule has 2 atom stereocenters. The third kappa shape index (κ3) is 36.7. The lowest BCUT2D eigenvalue weighted by Gasteiger charge is -2.34. The molecular formula is C47H83NO7. The van der Waals surface area contributed by atoms with E-state index in [2.05, 4.69) is 62.5 Å². The molecule has 0 aliphatic rings. The zero-order valence-corrected chi connectivity index (χ0v) is 36.1. The maximum absolute atomic E-state index is 12.7. The maximum atomic E-state index is 12.7. The summed E-state index contributed by atoms with van der Waals surface area (Å²) in [6, 6.07) is -0.733. The van der Waals surface area contributed by atoms with Crippen molar-refractivity contribution >= 4 is 17.9 Å². The molecule has 0 amide bonds. The zero-order chi connectivity index (χ0) is 40.7. The Morgan fingerprint density at radius 3 is 1.47 bits per heavy atom. The Morgan fingerprint density at radius 2 is 0.982 bits per heavy atom. The number of carbonyl (C=O) groups excluding carboxylic acids is 3. The average Bonchev–Trinajstić information content (AvgIpc) is 3.14. The fourth-order valence-corrected chi connectivity index (χ4v) is 6.24. The van der Waals surface area contributed by atoms with Crippen molar-refractivity contribution in [3.8, 4) is 0 Å². The van der Waals surface area contributed by atoms with Gasteiger partial charge in [-0.25, -0.2) is 0 Å². The average molecular weight is 774 g/mol. The number of carboxylic acid groups (broad SMARTS) is 1. The van der Waals surface area contributed by atoms with Crippen LogP contribution in [0.1, 0.15) is 181 Å². The van der Waals surface area contributed by atoms with E-state index in [1.165, 1.54) is 96.3 Å². The van der Waals surface area contributed by atoms with E-state index in [9.17, 15) is 19.5 Å². The number of unbranched alkanes of at least 4 members (excludes halogenated alkanes) is 17. The van der Waals surface area contributed by atoms with Crippen LogP contribution in [0.5, 0.6) is 0 Å². The number of carbonyl (C=O) groups is 3. The Labute approximate surface area is 337 Å². The molecule has 318 valence electrons. The van der Waals surface area contributed by atoms with Gasteiger partial charge in [-0.15, -0.1) is 0 Å². The predicted molar refractivity (Wildman–Crippen MR) is 226 cm³/mol. The Kier molecular flexibility index (Phi) is 36.3. The molecule has 0 saturated carbocycles. The number of ether oxygens (including phenoxy) is 3. The summed E-state index contributed by atoms with van der Waals surface area (Å²) in [6.45, 7) is 4.58. The highest BCUT2D eigenvalue weighted by molar-refractivity contribution is 5.70. The summed E-state index contributed by atoms with van der Waals surface area (Å²) in [5.41, 5.74) is 0. The Balaban J connectivity index is 4.43. The number of quaternary nitrogens is 1. The first-order valence-electron chi connectivity index (χ1n) is 22.2. The zero-order valence-electron chi connectivity index (χ0n) is 36.1. The van der Waals surface area contributed by atoms with Crippen molar-refractivity contribution in [2.45, 2.75) is 193 Å². The smallest absolute Gasteiger partial charge is 0.306 e. The van der Waals surface area contributed by atoms with E-state index in [1.54, 1.807) is 21.1 Å². The highest BCUT2D eigenvalue weighted by atomic mass is 16.6. The van der Waals surface area contributed by atoms with E-state index in [4.69, 9.17) is 14.2 Å². The fraction of sp³-hybridized carbons (Fsp3) is 0.766. The summed E-state index contributed by atoms with van der Waals surface area (Å²) in [5, 5.41) is 11.6. The Bertz CT molecular complexity index is 1040. The van der Waals surface area contributed by atoms with E-state index < -0.39 is 18.1 Å². The van der Waals surface area contributed by atoms with Crippen molar-refractivity contribution in [2.75, 3.05) is 41.0 Å². The minimum atomic E-state index is -1.13. The molecule has 0 aliphatic carbocycles. The van der Waals surface area contributed by atoms with Gasteiger partial charge in [-0.3, -0.25) is 9.59 Å². The van der Waals surface area contributed by atoms with Gasteiger partial charge < -0.3 is 28.6 Å². The largest absolute Gasteiger partial charge is 0.544 e. The first kappa shape index (κ1) is 52.3. The summed E-state index contributed by atoms with van der Waals surface area (Å²) < 4.78 is 17.1. The van der Waals surface area contributed by atoms with Crippen molar-refractivity contribution < 1.29 is 38.2 Å². The third-order valence-electron chi connectivity index (χ3n) is 9.72. The van der Waals surface area contributed by atoms with Gasteiger partial charge in [0.2, 0.25) is 0 Å². The summed E-state index contributed by atoms with van der Waals surface area (Å²) in [4.78, 5) is 36.8. The molecule has 0 spiro atoms. The van der Waals surface area contributed by atoms with Gasteiger partial charge in [-0.2, -0.15) is 0 Å². The van der Waals surface area contributed by atoms with E-state index in [1.807, 2.05) is 0 Å². The molecule has 0 radical (unpaired) electrons. The quantitative estimate of drug-likeness (QED) is 0.0265. The van der Waals surface area contributed by atoms with Crippen LogP contribution in [0.25, 0.3) is 0 Å². The molecule has 0 aromatic carbocycles. The number of hydrogen-bond acceptors (Lipinski definition) is 7. The minimum Gasteiger partial charge on any atom is -0.544 e. The number of allylic oxidation sites excluding steroid dienone is 8. The molecule has 0 bridgehead atoms. The normalized spacial score (nSPS) is 13.4. The molecule has 55 heavy (non-hydrogen) atoms. The monoisotopic (exact) mass is 774 g/mol. The van der Waals surface area contributed by atoms with Crippen LogP contribution in [0, 0.1) is 0 Å². The van der Waals surface area contributed by atoms with Crippen molar-refractivity contribution in [3.05, 3.63) is 48.6 Å². The van der Waals surface area contributed by atoms with Gasteiger partial charge in [0.05, 0.1) is 40.3 Å². The van der Waals surface area contributed by atoms with E-state index in [0.29, 0.717) is 12.8 Å². The lowest BCUT2D eigenvalue weighted by atomic mass is 10.0. The fourth-order valence-electron chi connectivity index (χ4n) is 6.24. The Hall–Kier alpha value is -2.71. The summed E-state index contributed by atoms with van der Waals surface area (Å²) in [7, 11) is 5.39. The maximum Gasteiger partial charge on any atom is 0.306 e. The second-order valence-corrected chi connectivity index (χ2v) is 15.9. The van der Waals surface area contributed by atoms with Gasteiger partial charge in [-0.05, 0) is 51.4 Å². The number of esters is 2. The minimum absolute atomic E-state index is 0.0247. The summed E-state index contributed by atoms with van der Waals surface area (Å²) in [5.74, 6) is -1.80. The lowest BCUT2D eigenvalue weighted by molar-refractivity contribution is -0.889. The van der Waals surface area contributed by atoms with Crippen LogP contribution in [0.15, 0.2) is 48.6 Å². The first-order chi connectivity index (χ1) is 26.6. The number of likely N-dealkylation sites (N-methyl/N-ethyl adjacent to an activating group) is 1. The molecule has 0 fully saturated rings. The van der Waals surface area contributed by atoms with Crippen LogP contribution in [0.3, 0.4) is 0 Å². The molecule has 0 aromatic heterocycles. The molecule has 0 N–H and O–H groups in total. The Morgan fingerprint density at radius 1 is 0.545 bits per heavy atom. The van der Waals surface area contributed by atoms with Gasteiger partial charge in [-0.1, -0.05) is 159 Å².